The lowest BCUT2D eigenvalue weighted by Gasteiger charge is -2.34. The summed E-state index contributed by atoms with van der Waals surface area (Å²) in [6.07, 6.45) is -0.617. The van der Waals surface area contributed by atoms with Crippen molar-refractivity contribution in [2.75, 3.05) is 47.7 Å². The third kappa shape index (κ3) is 6.51. The van der Waals surface area contributed by atoms with Gasteiger partial charge < -0.3 is 19.1 Å². The number of rotatable bonds is 10. The number of hydrazone groups is 1. The Morgan fingerprint density at radius 3 is 2.35 bits per heavy atom. The number of morpholine rings is 1. The molecule has 8 nitrogen and oxygen atoms in total. The summed E-state index contributed by atoms with van der Waals surface area (Å²) in [6.45, 7) is 8.94. The van der Waals surface area contributed by atoms with E-state index in [1.54, 1.807) is 0 Å². The predicted octanol–water partition coefficient (Wildman–Crippen LogP) is 8.04. The fourth-order valence-electron chi connectivity index (χ4n) is 5.73. The molecule has 0 radical (unpaired) electrons. The molecular formula is C36H36Cl2N4O4. The van der Waals surface area contributed by atoms with Crippen LogP contribution in [0, 0.1) is 6.92 Å². The van der Waals surface area contributed by atoms with Crippen LogP contribution in [0.15, 0.2) is 90.0 Å². The van der Waals surface area contributed by atoms with Gasteiger partial charge in [-0.2, -0.15) is 0 Å². The Morgan fingerprint density at radius 1 is 0.913 bits per heavy atom. The first-order valence-electron chi connectivity index (χ1n) is 15.3. The minimum absolute atomic E-state index is 0.188. The molecule has 2 aliphatic heterocycles. The van der Waals surface area contributed by atoms with E-state index < -0.39 is 6.17 Å². The van der Waals surface area contributed by atoms with E-state index in [4.69, 9.17) is 42.5 Å². The minimum atomic E-state index is -0.617. The van der Waals surface area contributed by atoms with E-state index in [0.717, 1.165) is 46.8 Å². The highest BCUT2D eigenvalue weighted by Gasteiger charge is 2.41. The molecule has 1 saturated heterocycles. The summed E-state index contributed by atoms with van der Waals surface area (Å²) >= 11 is 13.5. The zero-order valence-corrected chi connectivity index (χ0v) is 27.6. The van der Waals surface area contributed by atoms with Gasteiger partial charge in [0.05, 0.1) is 36.2 Å². The Bertz CT molecular complexity index is 1740. The van der Waals surface area contributed by atoms with Crippen molar-refractivity contribution in [1.29, 1.82) is 0 Å². The van der Waals surface area contributed by atoms with E-state index in [2.05, 4.69) is 4.90 Å². The lowest BCUT2D eigenvalue weighted by Crippen LogP contribution is -2.38. The second-order valence-corrected chi connectivity index (χ2v) is 11.9. The van der Waals surface area contributed by atoms with Crippen LogP contribution in [0.1, 0.15) is 36.7 Å². The monoisotopic (exact) mass is 658 g/mol. The van der Waals surface area contributed by atoms with Crippen molar-refractivity contribution in [3.8, 4) is 11.5 Å². The highest BCUT2D eigenvalue weighted by Crippen LogP contribution is 2.46. The lowest BCUT2D eigenvalue weighted by atomic mass is 10.1. The van der Waals surface area contributed by atoms with Gasteiger partial charge >= 0.3 is 0 Å². The summed E-state index contributed by atoms with van der Waals surface area (Å²) in [5.41, 5.74) is 5.15. The van der Waals surface area contributed by atoms with Crippen molar-refractivity contribution in [2.24, 2.45) is 5.10 Å². The third-order valence-electron chi connectivity index (χ3n) is 8.00. The van der Waals surface area contributed by atoms with E-state index >= 15 is 0 Å². The first kappa shape index (κ1) is 31.7. The van der Waals surface area contributed by atoms with Crippen molar-refractivity contribution in [3.63, 3.8) is 0 Å². The summed E-state index contributed by atoms with van der Waals surface area (Å²) in [7, 11) is 0. The number of anilines is 3. The number of Topliss-reactive ketones (excluding diaryl/α,β-unsaturated/α-hetero) is 1. The molecule has 1 atom stereocenters. The first-order valence-corrected chi connectivity index (χ1v) is 16.1. The van der Waals surface area contributed by atoms with Crippen LogP contribution in [0.5, 0.6) is 11.5 Å². The zero-order chi connectivity index (χ0) is 32.2. The number of ether oxygens (including phenoxy) is 3. The number of aryl methyl sites for hydroxylation is 1. The molecule has 0 aliphatic carbocycles. The summed E-state index contributed by atoms with van der Waals surface area (Å²) in [5, 5.41) is 7.97. The van der Waals surface area contributed by atoms with Crippen LogP contribution in [0.25, 0.3) is 0 Å². The molecule has 0 saturated carbocycles. The summed E-state index contributed by atoms with van der Waals surface area (Å²) in [5.74, 6) is 1.20. The highest BCUT2D eigenvalue weighted by molar-refractivity contribution is 6.44. The topological polar surface area (TPSA) is 66.8 Å². The average Bonchev–Trinajstić information content (AvgIpc) is 3.46. The Morgan fingerprint density at radius 2 is 1.65 bits per heavy atom. The van der Waals surface area contributed by atoms with Crippen molar-refractivity contribution in [1.82, 2.24) is 0 Å². The molecule has 238 valence electrons. The normalized spacial score (nSPS) is 16.4. The predicted molar refractivity (Wildman–Crippen MR) is 185 cm³/mol. The number of nitrogens with zero attached hydrogens (tertiary/aromatic N) is 4. The Hall–Kier alpha value is -4.24. The SMILES string of the molecule is CCOc1cccc(C2N(c3ccc(C)cc3)N=C(C(C)=O)N2c2ccc(N3CCOCC3)c(Cl)c2)c1OCc1ccccc1Cl. The average molecular weight is 660 g/mol. The van der Waals surface area contributed by atoms with E-state index in [9.17, 15) is 4.79 Å². The number of carbonyl (C=O) groups is 1. The number of carbonyl (C=O) groups excluding carboxylic acids is 1. The molecule has 2 heterocycles. The standard InChI is InChI=1S/C36H36Cl2N4O4/c1-4-45-33-11-7-9-29(34(33)46-23-26-8-5-6-10-30(26)37)36-41(28-16-17-32(31(38)22-28)40-18-20-44-21-19-40)35(25(3)43)39-42(36)27-14-12-24(2)13-15-27/h5-17,22,36H,4,18-21,23H2,1-3H3. The first-order chi connectivity index (χ1) is 22.4. The molecule has 2 aliphatic rings. The lowest BCUT2D eigenvalue weighted by molar-refractivity contribution is -0.111. The van der Waals surface area contributed by atoms with E-state index in [1.807, 2.05) is 109 Å². The molecule has 0 amide bonds. The molecule has 4 aromatic carbocycles. The molecule has 0 aromatic heterocycles. The summed E-state index contributed by atoms with van der Waals surface area (Å²) in [4.78, 5) is 17.4. The Labute approximate surface area is 279 Å². The number of ketones is 1. The Kier molecular flexibility index (Phi) is 9.68. The van der Waals surface area contributed by atoms with Crippen LogP contribution in [-0.2, 0) is 16.1 Å². The van der Waals surface area contributed by atoms with Gasteiger partial charge in [0, 0.05) is 41.9 Å². The molecule has 0 N–H and O–H groups in total. The number of hydrogen-bond donors (Lipinski definition) is 0. The maximum atomic E-state index is 13.3. The second kappa shape index (κ2) is 14.0. The van der Waals surface area contributed by atoms with Gasteiger partial charge in [0.2, 0.25) is 0 Å². The van der Waals surface area contributed by atoms with Crippen molar-refractivity contribution < 1.29 is 19.0 Å². The van der Waals surface area contributed by atoms with Gasteiger partial charge in [-0.1, -0.05) is 71.2 Å². The fraction of sp³-hybridized carbons (Fsp3) is 0.278. The molecule has 1 unspecified atom stereocenters. The number of para-hydroxylation sites is 1. The molecular weight excluding hydrogens is 623 g/mol. The van der Waals surface area contributed by atoms with Crippen LogP contribution in [0.4, 0.5) is 17.1 Å². The van der Waals surface area contributed by atoms with Gasteiger partial charge in [0.15, 0.2) is 29.3 Å². The minimum Gasteiger partial charge on any atom is -0.490 e. The number of hydrogen-bond acceptors (Lipinski definition) is 8. The van der Waals surface area contributed by atoms with Gasteiger partial charge in [0.25, 0.3) is 0 Å². The van der Waals surface area contributed by atoms with E-state index in [-0.39, 0.29) is 18.2 Å². The van der Waals surface area contributed by atoms with Crippen LogP contribution in [-0.4, -0.2) is 44.5 Å². The number of benzene rings is 4. The molecule has 46 heavy (non-hydrogen) atoms. The summed E-state index contributed by atoms with van der Waals surface area (Å²) in [6, 6.07) is 27.3. The molecule has 0 bridgehead atoms. The van der Waals surface area contributed by atoms with Crippen LogP contribution in [0.3, 0.4) is 0 Å². The van der Waals surface area contributed by atoms with Crippen molar-refractivity contribution in [3.05, 3.63) is 112 Å². The fourth-order valence-corrected chi connectivity index (χ4v) is 6.22. The van der Waals surface area contributed by atoms with Crippen LogP contribution < -0.4 is 24.3 Å². The molecule has 6 rings (SSSR count). The van der Waals surface area contributed by atoms with Gasteiger partial charge in [0.1, 0.15) is 6.61 Å². The smallest absolute Gasteiger partial charge is 0.198 e. The van der Waals surface area contributed by atoms with E-state index in [0.29, 0.717) is 41.4 Å². The van der Waals surface area contributed by atoms with E-state index in [1.165, 1.54) is 6.92 Å². The third-order valence-corrected chi connectivity index (χ3v) is 8.67. The quantitative estimate of drug-likeness (QED) is 0.171. The number of amidine groups is 1. The van der Waals surface area contributed by atoms with Gasteiger partial charge in [-0.05, 0) is 56.3 Å². The highest BCUT2D eigenvalue weighted by atomic mass is 35.5. The maximum Gasteiger partial charge on any atom is 0.198 e. The van der Waals surface area contributed by atoms with Gasteiger partial charge in [-0.3, -0.25) is 9.69 Å². The van der Waals surface area contributed by atoms with Gasteiger partial charge in [-0.25, -0.2) is 5.01 Å². The molecule has 4 aromatic rings. The van der Waals surface area contributed by atoms with Crippen molar-refractivity contribution in [2.45, 2.75) is 33.5 Å². The van der Waals surface area contributed by atoms with Crippen molar-refractivity contribution >= 4 is 51.9 Å². The van der Waals surface area contributed by atoms with Crippen LogP contribution in [0.2, 0.25) is 10.0 Å². The Balaban J connectivity index is 1.50. The molecule has 0 spiro atoms. The maximum absolute atomic E-state index is 13.3. The largest absolute Gasteiger partial charge is 0.490 e. The molecule has 10 heteroatoms. The zero-order valence-electron chi connectivity index (χ0n) is 26.1. The summed E-state index contributed by atoms with van der Waals surface area (Å²) < 4.78 is 18.2. The van der Waals surface area contributed by atoms with Gasteiger partial charge in [-0.15, -0.1) is 5.10 Å². The molecule has 1 fully saturated rings. The van der Waals surface area contributed by atoms with Crippen LogP contribution >= 0.6 is 23.2 Å². The second-order valence-electron chi connectivity index (χ2n) is 11.1. The number of halogens is 2.